The molecule has 8 nitrogen and oxygen atoms in total. The Balaban J connectivity index is 2.79. The lowest BCUT2D eigenvalue weighted by Crippen LogP contribution is -2.48. The standard InChI is InChI=1S/C14H18N2O6/c1-4-8(2)22-14(20)11(13(18)19)16-12(17)9-5-6-10(21-3)15-7-9/h5-8,11H,4H2,1-3H3,(H,16,17)(H,18,19). The van der Waals surface area contributed by atoms with E-state index >= 15 is 0 Å². The van der Waals surface area contributed by atoms with E-state index in [1.54, 1.807) is 13.8 Å². The Morgan fingerprint density at radius 3 is 2.50 bits per heavy atom. The molecule has 2 atom stereocenters. The minimum atomic E-state index is -1.77. The summed E-state index contributed by atoms with van der Waals surface area (Å²) < 4.78 is 9.78. The Bertz CT molecular complexity index is 543. The van der Waals surface area contributed by atoms with E-state index in [9.17, 15) is 14.4 Å². The highest BCUT2D eigenvalue weighted by Gasteiger charge is 2.31. The van der Waals surface area contributed by atoms with Crippen molar-refractivity contribution in [1.29, 1.82) is 0 Å². The number of aromatic nitrogens is 1. The van der Waals surface area contributed by atoms with Gasteiger partial charge in [-0.3, -0.25) is 4.79 Å². The van der Waals surface area contributed by atoms with Crippen LogP contribution in [0, 0.1) is 0 Å². The van der Waals surface area contributed by atoms with Gasteiger partial charge in [0.05, 0.1) is 18.8 Å². The molecule has 2 N–H and O–H groups in total. The number of hydrogen-bond acceptors (Lipinski definition) is 6. The number of carboxylic acids is 1. The molecule has 1 aromatic heterocycles. The van der Waals surface area contributed by atoms with Crippen molar-refractivity contribution in [2.45, 2.75) is 32.4 Å². The summed E-state index contributed by atoms with van der Waals surface area (Å²) in [6, 6.07) is 1.08. The molecule has 1 amide bonds. The van der Waals surface area contributed by atoms with Crippen LogP contribution in [0.5, 0.6) is 5.88 Å². The molecule has 1 aromatic rings. The third kappa shape index (κ3) is 4.72. The normalized spacial score (nSPS) is 12.9. The molecule has 0 saturated carbocycles. The zero-order valence-electron chi connectivity index (χ0n) is 12.5. The number of nitrogens with zero attached hydrogens (tertiary/aromatic N) is 1. The van der Waals surface area contributed by atoms with Gasteiger partial charge in [0.2, 0.25) is 11.9 Å². The van der Waals surface area contributed by atoms with E-state index in [0.29, 0.717) is 12.3 Å². The Labute approximate surface area is 127 Å². The summed E-state index contributed by atoms with van der Waals surface area (Å²) in [5.41, 5.74) is 0.100. The van der Waals surface area contributed by atoms with Gasteiger partial charge in [-0.15, -0.1) is 0 Å². The zero-order valence-corrected chi connectivity index (χ0v) is 12.5. The summed E-state index contributed by atoms with van der Waals surface area (Å²) in [7, 11) is 1.42. The van der Waals surface area contributed by atoms with Crippen molar-refractivity contribution in [2.75, 3.05) is 7.11 Å². The Morgan fingerprint density at radius 1 is 1.36 bits per heavy atom. The summed E-state index contributed by atoms with van der Waals surface area (Å²) in [6.07, 6.45) is 1.32. The van der Waals surface area contributed by atoms with Crippen LogP contribution >= 0.6 is 0 Å². The second-order valence-corrected chi connectivity index (χ2v) is 4.49. The van der Waals surface area contributed by atoms with Gasteiger partial charge in [-0.05, 0) is 19.4 Å². The number of ether oxygens (including phenoxy) is 2. The lowest BCUT2D eigenvalue weighted by atomic mass is 10.2. The lowest BCUT2D eigenvalue weighted by molar-refractivity contribution is -0.158. The van der Waals surface area contributed by atoms with Crippen LogP contribution in [0.3, 0.4) is 0 Å². The molecule has 0 radical (unpaired) electrons. The van der Waals surface area contributed by atoms with Crippen LogP contribution in [0.1, 0.15) is 30.6 Å². The van der Waals surface area contributed by atoms with E-state index in [-0.39, 0.29) is 5.56 Å². The first-order valence-corrected chi connectivity index (χ1v) is 6.63. The molecule has 0 aliphatic carbocycles. The first-order chi connectivity index (χ1) is 10.4. The third-order valence-electron chi connectivity index (χ3n) is 2.86. The van der Waals surface area contributed by atoms with Crippen LogP contribution in [-0.2, 0) is 14.3 Å². The van der Waals surface area contributed by atoms with Crippen molar-refractivity contribution in [2.24, 2.45) is 0 Å². The number of pyridine rings is 1. The van der Waals surface area contributed by atoms with Gasteiger partial charge in [-0.1, -0.05) is 6.92 Å². The number of aliphatic carboxylic acids is 1. The second kappa shape index (κ2) is 7.96. The Kier molecular flexibility index (Phi) is 6.30. The van der Waals surface area contributed by atoms with Gasteiger partial charge in [0, 0.05) is 12.3 Å². The highest BCUT2D eigenvalue weighted by atomic mass is 16.5. The van der Waals surface area contributed by atoms with Crippen molar-refractivity contribution in [3.8, 4) is 5.88 Å². The van der Waals surface area contributed by atoms with Gasteiger partial charge < -0.3 is 19.9 Å². The quantitative estimate of drug-likeness (QED) is 0.560. The fraction of sp³-hybridized carbons (Fsp3) is 0.429. The van der Waals surface area contributed by atoms with Crippen LogP contribution in [0.2, 0.25) is 0 Å². The number of carbonyl (C=O) groups excluding carboxylic acids is 2. The maximum absolute atomic E-state index is 12.0. The lowest BCUT2D eigenvalue weighted by Gasteiger charge is -2.16. The van der Waals surface area contributed by atoms with Crippen molar-refractivity contribution >= 4 is 17.8 Å². The fourth-order valence-electron chi connectivity index (χ4n) is 1.42. The summed E-state index contributed by atoms with van der Waals surface area (Å²) in [4.78, 5) is 38.7. The van der Waals surface area contributed by atoms with E-state index in [1.165, 1.54) is 25.4 Å². The van der Waals surface area contributed by atoms with E-state index in [1.807, 2.05) is 0 Å². The van der Waals surface area contributed by atoms with Crippen molar-refractivity contribution in [3.63, 3.8) is 0 Å². The smallest absolute Gasteiger partial charge is 0.340 e. The average Bonchev–Trinajstić information content (AvgIpc) is 2.51. The molecule has 0 fully saturated rings. The summed E-state index contributed by atoms with van der Waals surface area (Å²) >= 11 is 0. The van der Waals surface area contributed by atoms with E-state index in [0.717, 1.165) is 0 Å². The minimum Gasteiger partial charge on any atom is -0.481 e. The summed E-state index contributed by atoms with van der Waals surface area (Å²) in [5.74, 6) is -2.95. The molecule has 0 spiro atoms. The SMILES string of the molecule is CCC(C)OC(=O)C(NC(=O)c1ccc(OC)nc1)C(=O)O. The predicted molar refractivity (Wildman–Crippen MR) is 75.5 cm³/mol. The van der Waals surface area contributed by atoms with Gasteiger partial charge in [0.1, 0.15) is 0 Å². The topological polar surface area (TPSA) is 115 Å². The van der Waals surface area contributed by atoms with E-state index in [4.69, 9.17) is 14.6 Å². The summed E-state index contributed by atoms with van der Waals surface area (Å²) in [6.45, 7) is 3.42. The predicted octanol–water partition coefficient (Wildman–Crippen LogP) is 0.615. The molecule has 0 aliphatic rings. The van der Waals surface area contributed by atoms with Gasteiger partial charge in [0.15, 0.2) is 0 Å². The van der Waals surface area contributed by atoms with Crippen LogP contribution < -0.4 is 10.1 Å². The van der Waals surface area contributed by atoms with Crippen LogP contribution in [-0.4, -0.2) is 47.2 Å². The van der Waals surface area contributed by atoms with Gasteiger partial charge in [0.25, 0.3) is 5.91 Å². The van der Waals surface area contributed by atoms with Crippen molar-refractivity contribution in [3.05, 3.63) is 23.9 Å². The first kappa shape index (κ1) is 17.4. The van der Waals surface area contributed by atoms with Gasteiger partial charge >= 0.3 is 11.9 Å². The number of hydrogen-bond donors (Lipinski definition) is 2. The monoisotopic (exact) mass is 310 g/mol. The molecule has 1 rings (SSSR count). The second-order valence-electron chi connectivity index (χ2n) is 4.49. The number of amides is 1. The molecule has 0 aliphatic heterocycles. The molecule has 8 heteroatoms. The molecule has 1 heterocycles. The number of esters is 1. The number of rotatable bonds is 7. The molecular formula is C14H18N2O6. The number of carboxylic acid groups (broad SMARTS) is 1. The number of methoxy groups -OCH3 is 1. The molecule has 120 valence electrons. The maximum atomic E-state index is 12.0. The zero-order chi connectivity index (χ0) is 16.7. The largest absolute Gasteiger partial charge is 0.481 e. The molecule has 2 unspecified atom stereocenters. The molecular weight excluding hydrogens is 292 g/mol. The third-order valence-corrected chi connectivity index (χ3v) is 2.86. The van der Waals surface area contributed by atoms with Crippen LogP contribution in [0.25, 0.3) is 0 Å². The molecule has 0 saturated heterocycles. The number of nitrogens with one attached hydrogen (secondary N) is 1. The number of carbonyl (C=O) groups is 3. The van der Waals surface area contributed by atoms with Crippen LogP contribution in [0.4, 0.5) is 0 Å². The molecule has 0 bridgehead atoms. The molecule has 22 heavy (non-hydrogen) atoms. The molecule has 0 aromatic carbocycles. The highest BCUT2D eigenvalue weighted by Crippen LogP contribution is 2.07. The Hall–Kier alpha value is -2.64. The Morgan fingerprint density at radius 2 is 2.05 bits per heavy atom. The average molecular weight is 310 g/mol. The first-order valence-electron chi connectivity index (χ1n) is 6.63. The summed E-state index contributed by atoms with van der Waals surface area (Å²) in [5, 5.41) is 11.2. The fourth-order valence-corrected chi connectivity index (χ4v) is 1.42. The van der Waals surface area contributed by atoms with Gasteiger partial charge in [-0.25, -0.2) is 14.6 Å². The van der Waals surface area contributed by atoms with E-state index < -0.39 is 30.0 Å². The van der Waals surface area contributed by atoms with Crippen molar-refractivity contribution < 1.29 is 29.0 Å². The highest BCUT2D eigenvalue weighted by molar-refractivity contribution is 6.05. The van der Waals surface area contributed by atoms with Gasteiger partial charge in [-0.2, -0.15) is 0 Å². The minimum absolute atomic E-state index is 0.100. The van der Waals surface area contributed by atoms with E-state index in [2.05, 4.69) is 10.3 Å². The van der Waals surface area contributed by atoms with Crippen LogP contribution in [0.15, 0.2) is 18.3 Å². The van der Waals surface area contributed by atoms with Crippen molar-refractivity contribution in [1.82, 2.24) is 10.3 Å². The maximum Gasteiger partial charge on any atom is 0.340 e.